The Morgan fingerprint density at radius 2 is 2.17 bits per heavy atom. The minimum Gasteiger partial charge on any atom is -0.322 e. The molecular formula is C12H17ClN4O. The van der Waals surface area contributed by atoms with Gasteiger partial charge >= 0.3 is 0 Å². The minimum atomic E-state index is -0.224. The van der Waals surface area contributed by atoms with Gasteiger partial charge in [0.1, 0.15) is 0 Å². The lowest BCUT2D eigenvalue weighted by Gasteiger charge is -2.07. The van der Waals surface area contributed by atoms with Crippen molar-refractivity contribution in [2.45, 2.75) is 19.9 Å². The van der Waals surface area contributed by atoms with Crippen LogP contribution in [0.5, 0.6) is 0 Å². The summed E-state index contributed by atoms with van der Waals surface area (Å²) >= 11 is 0. The maximum atomic E-state index is 11.3. The summed E-state index contributed by atoms with van der Waals surface area (Å²) in [5, 5.41) is 2.72. The van der Waals surface area contributed by atoms with Crippen molar-refractivity contribution in [1.82, 2.24) is 9.55 Å². The second kappa shape index (κ2) is 6.37. The molecule has 0 aliphatic rings. The van der Waals surface area contributed by atoms with Crippen LogP contribution in [0.4, 0.5) is 5.95 Å². The van der Waals surface area contributed by atoms with Gasteiger partial charge in [-0.2, -0.15) is 0 Å². The first-order valence-electron chi connectivity index (χ1n) is 5.71. The number of carbonyl (C=O) groups excluding carboxylic acids is 1. The zero-order valence-electron chi connectivity index (χ0n) is 10.2. The highest BCUT2D eigenvalue weighted by atomic mass is 35.5. The Morgan fingerprint density at radius 3 is 2.83 bits per heavy atom. The standard InChI is InChI=1S/C12H16N4O.ClH/c1-2-7-16-10-6-4-3-5-9(10)14-12(16)15-11(17)8-13;/h3-6H,2,7-8,13H2,1H3,(H,14,15,17);1H. The molecule has 0 saturated carbocycles. The smallest absolute Gasteiger partial charge is 0.240 e. The molecule has 1 amide bonds. The number of halogens is 1. The van der Waals surface area contributed by atoms with Crippen LogP contribution in [0.1, 0.15) is 13.3 Å². The molecule has 6 heteroatoms. The summed E-state index contributed by atoms with van der Waals surface area (Å²) in [6, 6.07) is 7.82. The highest BCUT2D eigenvalue weighted by molar-refractivity contribution is 5.92. The van der Waals surface area contributed by atoms with E-state index in [0.717, 1.165) is 24.0 Å². The van der Waals surface area contributed by atoms with Crippen LogP contribution in [-0.2, 0) is 11.3 Å². The molecule has 0 spiro atoms. The van der Waals surface area contributed by atoms with E-state index in [-0.39, 0.29) is 24.9 Å². The zero-order chi connectivity index (χ0) is 12.3. The van der Waals surface area contributed by atoms with Gasteiger partial charge in [0.15, 0.2) is 0 Å². The summed E-state index contributed by atoms with van der Waals surface area (Å²) in [5.74, 6) is 0.348. The van der Waals surface area contributed by atoms with Crippen LogP contribution in [0.15, 0.2) is 24.3 Å². The lowest BCUT2D eigenvalue weighted by molar-refractivity contribution is -0.115. The summed E-state index contributed by atoms with van der Waals surface area (Å²) in [6.45, 7) is 2.87. The molecule has 0 aliphatic carbocycles. The van der Waals surface area contributed by atoms with Crippen molar-refractivity contribution in [3.8, 4) is 0 Å². The normalized spacial score (nSPS) is 10.1. The van der Waals surface area contributed by atoms with E-state index in [1.165, 1.54) is 0 Å². The van der Waals surface area contributed by atoms with Gasteiger partial charge in [0.25, 0.3) is 0 Å². The van der Waals surface area contributed by atoms with Crippen LogP contribution >= 0.6 is 12.4 Å². The lowest BCUT2D eigenvalue weighted by Crippen LogP contribution is -2.23. The number of para-hydroxylation sites is 2. The number of nitrogens with one attached hydrogen (secondary N) is 1. The monoisotopic (exact) mass is 268 g/mol. The van der Waals surface area contributed by atoms with Crippen LogP contribution in [-0.4, -0.2) is 22.0 Å². The quantitative estimate of drug-likeness (QED) is 0.888. The predicted octanol–water partition coefficient (Wildman–Crippen LogP) is 1.77. The number of imidazole rings is 1. The van der Waals surface area contributed by atoms with E-state index in [1.807, 2.05) is 28.8 Å². The minimum absolute atomic E-state index is 0. The number of nitrogens with two attached hydrogens (primary N) is 1. The van der Waals surface area contributed by atoms with E-state index >= 15 is 0 Å². The van der Waals surface area contributed by atoms with Gasteiger partial charge in [0, 0.05) is 6.54 Å². The van der Waals surface area contributed by atoms with Crippen molar-refractivity contribution >= 4 is 35.3 Å². The summed E-state index contributed by atoms with van der Waals surface area (Å²) in [6.07, 6.45) is 0.978. The number of hydrogen-bond donors (Lipinski definition) is 2. The Hall–Kier alpha value is -1.59. The van der Waals surface area contributed by atoms with Crippen molar-refractivity contribution < 1.29 is 4.79 Å². The molecule has 5 nitrogen and oxygen atoms in total. The Morgan fingerprint density at radius 1 is 1.44 bits per heavy atom. The molecule has 98 valence electrons. The van der Waals surface area contributed by atoms with Gasteiger partial charge < -0.3 is 10.3 Å². The number of hydrogen-bond acceptors (Lipinski definition) is 3. The van der Waals surface area contributed by atoms with Crippen molar-refractivity contribution in [3.05, 3.63) is 24.3 Å². The number of rotatable bonds is 4. The lowest BCUT2D eigenvalue weighted by atomic mass is 10.3. The number of amides is 1. The molecule has 0 radical (unpaired) electrons. The molecule has 0 fully saturated rings. The topological polar surface area (TPSA) is 72.9 Å². The second-order valence-electron chi connectivity index (χ2n) is 3.83. The van der Waals surface area contributed by atoms with Gasteiger partial charge in [-0.15, -0.1) is 12.4 Å². The summed E-state index contributed by atoms with van der Waals surface area (Å²) in [7, 11) is 0. The molecule has 0 saturated heterocycles. The molecule has 2 rings (SSSR count). The molecule has 18 heavy (non-hydrogen) atoms. The maximum Gasteiger partial charge on any atom is 0.240 e. The zero-order valence-corrected chi connectivity index (χ0v) is 11.0. The fraction of sp³-hybridized carbons (Fsp3) is 0.333. The maximum absolute atomic E-state index is 11.3. The van der Waals surface area contributed by atoms with Gasteiger partial charge in [-0.05, 0) is 18.6 Å². The third kappa shape index (κ3) is 2.80. The molecule has 0 bridgehead atoms. The van der Waals surface area contributed by atoms with Gasteiger partial charge in [-0.25, -0.2) is 4.98 Å². The Bertz CT molecular complexity index is 538. The van der Waals surface area contributed by atoms with Gasteiger partial charge in [0.2, 0.25) is 11.9 Å². The summed E-state index contributed by atoms with van der Waals surface area (Å²) in [4.78, 5) is 15.7. The number of nitrogens with zero attached hydrogens (tertiary/aromatic N) is 2. The molecule has 0 atom stereocenters. The van der Waals surface area contributed by atoms with Crippen LogP contribution in [0, 0.1) is 0 Å². The predicted molar refractivity (Wildman–Crippen MR) is 75.0 cm³/mol. The fourth-order valence-corrected chi connectivity index (χ4v) is 1.80. The fourth-order valence-electron chi connectivity index (χ4n) is 1.80. The first-order chi connectivity index (χ1) is 8.26. The first-order valence-corrected chi connectivity index (χ1v) is 5.71. The van der Waals surface area contributed by atoms with Crippen molar-refractivity contribution in [3.63, 3.8) is 0 Å². The highest BCUT2D eigenvalue weighted by Crippen LogP contribution is 2.19. The molecule has 0 unspecified atom stereocenters. The molecule has 1 heterocycles. The number of aromatic nitrogens is 2. The second-order valence-corrected chi connectivity index (χ2v) is 3.83. The van der Waals surface area contributed by atoms with Crippen LogP contribution in [0.3, 0.4) is 0 Å². The van der Waals surface area contributed by atoms with Crippen LogP contribution in [0.2, 0.25) is 0 Å². The van der Waals surface area contributed by atoms with Crippen molar-refractivity contribution in [2.75, 3.05) is 11.9 Å². The third-order valence-corrected chi connectivity index (χ3v) is 2.54. The largest absolute Gasteiger partial charge is 0.322 e. The van der Waals surface area contributed by atoms with Gasteiger partial charge in [-0.3, -0.25) is 10.1 Å². The number of carbonyl (C=O) groups is 1. The van der Waals surface area contributed by atoms with E-state index in [9.17, 15) is 4.79 Å². The molecule has 1 aromatic carbocycles. The number of aryl methyl sites for hydroxylation is 1. The van der Waals surface area contributed by atoms with Crippen molar-refractivity contribution in [2.24, 2.45) is 5.73 Å². The molecule has 1 aromatic heterocycles. The van der Waals surface area contributed by atoms with Crippen molar-refractivity contribution in [1.29, 1.82) is 0 Å². The van der Waals surface area contributed by atoms with E-state index in [2.05, 4.69) is 17.2 Å². The van der Waals surface area contributed by atoms with Gasteiger partial charge in [0.05, 0.1) is 17.6 Å². The molecular weight excluding hydrogens is 252 g/mol. The SMILES string of the molecule is CCCn1c(NC(=O)CN)nc2ccccc21.Cl. The molecule has 3 N–H and O–H groups in total. The van der Waals surface area contributed by atoms with Gasteiger partial charge in [-0.1, -0.05) is 19.1 Å². The Labute approximate surface area is 112 Å². The number of benzene rings is 1. The highest BCUT2D eigenvalue weighted by Gasteiger charge is 2.11. The number of anilines is 1. The molecule has 2 aromatic rings. The van der Waals surface area contributed by atoms with E-state index in [4.69, 9.17) is 5.73 Å². The van der Waals surface area contributed by atoms with E-state index in [0.29, 0.717) is 5.95 Å². The molecule has 0 aliphatic heterocycles. The van der Waals surface area contributed by atoms with E-state index < -0.39 is 0 Å². The summed E-state index contributed by atoms with van der Waals surface area (Å²) < 4.78 is 2.00. The Balaban J connectivity index is 0.00000162. The van der Waals surface area contributed by atoms with Crippen LogP contribution < -0.4 is 11.1 Å². The average Bonchev–Trinajstić information content (AvgIpc) is 2.68. The Kier molecular flexibility index (Phi) is 5.12. The number of fused-ring (bicyclic) bond motifs is 1. The average molecular weight is 269 g/mol. The van der Waals surface area contributed by atoms with Crippen LogP contribution in [0.25, 0.3) is 11.0 Å². The summed E-state index contributed by atoms with van der Waals surface area (Å²) in [5.41, 5.74) is 7.20. The first kappa shape index (κ1) is 14.5. The van der Waals surface area contributed by atoms with E-state index in [1.54, 1.807) is 0 Å². The third-order valence-electron chi connectivity index (χ3n) is 2.54.